The summed E-state index contributed by atoms with van der Waals surface area (Å²) < 4.78 is 0. The quantitative estimate of drug-likeness (QED) is 0.730. The van der Waals surface area contributed by atoms with E-state index in [1.807, 2.05) is 6.92 Å². The summed E-state index contributed by atoms with van der Waals surface area (Å²) >= 11 is 0. The van der Waals surface area contributed by atoms with Gasteiger partial charge in [0.05, 0.1) is 11.0 Å². The van der Waals surface area contributed by atoms with Crippen molar-refractivity contribution in [1.29, 1.82) is 0 Å². The standard InChI is InChI=1S/C20H32O3/c1-6-18(3,23)13-10-15-14(2)8-9-16-19(15,4)11-7-12-20(16,5)17(21)22/h6,15-16,23H,1-2,7-13H2,3-5H3,(H,21,22)/t15-,16+,18-,19-,20-/m0/s1. The maximum atomic E-state index is 11.9. The van der Waals surface area contributed by atoms with Gasteiger partial charge in [0.25, 0.3) is 0 Å². The second-order valence-electron chi connectivity index (χ2n) is 8.48. The number of hydrogen-bond donors (Lipinski definition) is 2. The van der Waals surface area contributed by atoms with Crippen molar-refractivity contribution < 1.29 is 15.0 Å². The number of carbonyl (C=O) groups is 1. The molecule has 130 valence electrons. The third-order valence-electron chi connectivity index (χ3n) is 6.89. The summed E-state index contributed by atoms with van der Waals surface area (Å²) in [7, 11) is 0. The Morgan fingerprint density at radius 2 is 2.09 bits per heavy atom. The normalized spacial score (nSPS) is 40.1. The van der Waals surface area contributed by atoms with Crippen LogP contribution in [0.2, 0.25) is 0 Å². The van der Waals surface area contributed by atoms with Crippen molar-refractivity contribution in [3.05, 3.63) is 24.8 Å². The van der Waals surface area contributed by atoms with Crippen LogP contribution in [0.25, 0.3) is 0 Å². The summed E-state index contributed by atoms with van der Waals surface area (Å²) in [6.07, 6.45) is 7.70. The van der Waals surface area contributed by atoms with Crippen molar-refractivity contribution >= 4 is 5.97 Å². The summed E-state index contributed by atoms with van der Waals surface area (Å²) in [6.45, 7) is 14.0. The third-order valence-corrected chi connectivity index (χ3v) is 6.89. The van der Waals surface area contributed by atoms with Crippen LogP contribution in [-0.2, 0) is 4.79 Å². The predicted molar refractivity (Wildman–Crippen MR) is 93.1 cm³/mol. The molecule has 5 atom stereocenters. The lowest BCUT2D eigenvalue weighted by Crippen LogP contribution is -2.53. The Bertz CT molecular complexity index is 507. The molecule has 0 aliphatic heterocycles. The van der Waals surface area contributed by atoms with Gasteiger partial charge in [0.15, 0.2) is 0 Å². The number of carboxylic acids is 1. The van der Waals surface area contributed by atoms with E-state index in [0.29, 0.717) is 6.42 Å². The molecule has 0 bridgehead atoms. The van der Waals surface area contributed by atoms with E-state index in [9.17, 15) is 15.0 Å². The first-order valence-corrected chi connectivity index (χ1v) is 8.84. The number of hydrogen-bond acceptors (Lipinski definition) is 2. The first-order chi connectivity index (χ1) is 10.6. The molecule has 2 aliphatic carbocycles. The van der Waals surface area contributed by atoms with Crippen LogP contribution < -0.4 is 0 Å². The molecule has 2 saturated carbocycles. The molecular weight excluding hydrogens is 288 g/mol. The second kappa shape index (κ2) is 6.08. The fourth-order valence-corrected chi connectivity index (χ4v) is 5.28. The van der Waals surface area contributed by atoms with E-state index >= 15 is 0 Å². The maximum absolute atomic E-state index is 11.9. The van der Waals surface area contributed by atoms with Gasteiger partial charge in [-0.3, -0.25) is 4.79 Å². The Balaban J connectivity index is 2.29. The van der Waals surface area contributed by atoms with Gasteiger partial charge in [0.2, 0.25) is 0 Å². The van der Waals surface area contributed by atoms with Crippen LogP contribution in [0.15, 0.2) is 24.8 Å². The minimum absolute atomic E-state index is 0.0298. The average Bonchev–Trinajstić information content (AvgIpc) is 2.46. The molecule has 3 heteroatoms. The number of aliphatic hydroxyl groups is 1. The van der Waals surface area contributed by atoms with E-state index < -0.39 is 17.0 Å². The number of carboxylic acid groups (broad SMARTS) is 1. The number of rotatable bonds is 5. The molecule has 0 aromatic heterocycles. The van der Waals surface area contributed by atoms with E-state index in [-0.39, 0.29) is 17.3 Å². The van der Waals surface area contributed by atoms with E-state index in [4.69, 9.17) is 0 Å². The zero-order chi connectivity index (χ0) is 17.5. The Hall–Kier alpha value is -1.09. The van der Waals surface area contributed by atoms with Gasteiger partial charge in [-0.15, -0.1) is 6.58 Å². The highest BCUT2D eigenvalue weighted by Gasteiger charge is 2.57. The zero-order valence-electron chi connectivity index (χ0n) is 14.9. The van der Waals surface area contributed by atoms with Crippen molar-refractivity contribution in [1.82, 2.24) is 0 Å². The van der Waals surface area contributed by atoms with Gasteiger partial charge >= 0.3 is 5.97 Å². The van der Waals surface area contributed by atoms with Crippen molar-refractivity contribution in [2.45, 2.75) is 71.3 Å². The molecule has 23 heavy (non-hydrogen) atoms. The first-order valence-electron chi connectivity index (χ1n) is 8.84. The molecule has 0 spiro atoms. The second-order valence-corrected chi connectivity index (χ2v) is 8.48. The van der Waals surface area contributed by atoms with Gasteiger partial charge in [0, 0.05) is 0 Å². The topological polar surface area (TPSA) is 57.5 Å². The molecule has 0 aromatic carbocycles. The van der Waals surface area contributed by atoms with Crippen LogP contribution in [0.4, 0.5) is 0 Å². The molecule has 2 aliphatic rings. The lowest BCUT2D eigenvalue weighted by Gasteiger charge is -2.57. The van der Waals surface area contributed by atoms with Gasteiger partial charge in [-0.25, -0.2) is 0 Å². The summed E-state index contributed by atoms with van der Waals surface area (Å²) in [5.74, 6) is -0.185. The van der Waals surface area contributed by atoms with Crippen LogP contribution >= 0.6 is 0 Å². The van der Waals surface area contributed by atoms with Gasteiger partial charge in [-0.05, 0) is 69.6 Å². The first kappa shape index (κ1) is 18.3. The summed E-state index contributed by atoms with van der Waals surface area (Å²) in [5, 5.41) is 20.1. The summed E-state index contributed by atoms with van der Waals surface area (Å²) in [4.78, 5) is 11.9. The fourth-order valence-electron chi connectivity index (χ4n) is 5.28. The van der Waals surface area contributed by atoms with Crippen molar-refractivity contribution in [3.63, 3.8) is 0 Å². The molecule has 0 saturated heterocycles. The average molecular weight is 320 g/mol. The summed E-state index contributed by atoms with van der Waals surface area (Å²) in [6, 6.07) is 0. The molecule has 2 N–H and O–H groups in total. The highest BCUT2D eigenvalue weighted by molar-refractivity contribution is 5.75. The minimum Gasteiger partial charge on any atom is -0.481 e. The molecule has 0 radical (unpaired) electrons. The number of aliphatic carboxylic acids is 1. The molecular formula is C20H32O3. The molecule has 0 heterocycles. The molecule has 0 amide bonds. The largest absolute Gasteiger partial charge is 0.481 e. The Kier molecular flexibility index (Phi) is 4.83. The molecule has 3 nitrogen and oxygen atoms in total. The number of allylic oxidation sites excluding steroid dienone is 1. The molecule has 0 aromatic rings. The van der Waals surface area contributed by atoms with Crippen LogP contribution in [0.1, 0.15) is 65.7 Å². The highest BCUT2D eigenvalue weighted by Crippen LogP contribution is 2.62. The van der Waals surface area contributed by atoms with E-state index in [1.165, 1.54) is 5.57 Å². The molecule has 2 rings (SSSR count). The Labute approximate surface area is 140 Å². The highest BCUT2D eigenvalue weighted by atomic mass is 16.4. The van der Waals surface area contributed by atoms with E-state index in [0.717, 1.165) is 38.5 Å². The SMILES string of the molecule is C=C[C@](C)(O)CC[C@H]1C(=C)CC[C@@H]2[C@@]1(C)CCC[C@]2(C)C(=O)O. The van der Waals surface area contributed by atoms with Gasteiger partial charge < -0.3 is 10.2 Å². The minimum atomic E-state index is -0.867. The van der Waals surface area contributed by atoms with Crippen molar-refractivity contribution in [2.75, 3.05) is 0 Å². The van der Waals surface area contributed by atoms with Crippen LogP contribution in [0.5, 0.6) is 0 Å². The van der Waals surface area contributed by atoms with Crippen LogP contribution in [-0.4, -0.2) is 21.8 Å². The maximum Gasteiger partial charge on any atom is 0.309 e. The molecule has 0 unspecified atom stereocenters. The Morgan fingerprint density at radius 3 is 2.65 bits per heavy atom. The summed E-state index contributed by atoms with van der Waals surface area (Å²) in [5.41, 5.74) is -0.294. The third kappa shape index (κ3) is 3.13. The number of fused-ring (bicyclic) bond motifs is 1. The van der Waals surface area contributed by atoms with E-state index in [1.54, 1.807) is 13.0 Å². The lowest BCUT2D eigenvalue weighted by atomic mass is 9.46. The van der Waals surface area contributed by atoms with E-state index in [2.05, 4.69) is 20.1 Å². The van der Waals surface area contributed by atoms with Gasteiger partial charge in [-0.2, -0.15) is 0 Å². The lowest BCUT2D eigenvalue weighted by molar-refractivity contribution is -0.164. The van der Waals surface area contributed by atoms with Crippen molar-refractivity contribution in [3.8, 4) is 0 Å². The van der Waals surface area contributed by atoms with Crippen LogP contribution in [0, 0.1) is 22.7 Å². The smallest absolute Gasteiger partial charge is 0.309 e. The van der Waals surface area contributed by atoms with Crippen LogP contribution in [0.3, 0.4) is 0 Å². The van der Waals surface area contributed by atoms with Gasteiger partial charge in [-0.1, -0.05) is 31.6 Å². The molecule has 2 fully saturated rings. The van der Waals surface area contributed by atoms with Crippen molar-refractivity contribution in [2.24, 2.45) is 22.7 Å². The zero-order valence-corrected chi connectivity index (χ0v) is 14.9. The fraction of sp³-hybridized carbons (Fsp3) is 0.750. The van der Waals surface area contributed by atoms with Gasteiger partial charge in [0.1, 0.15) is 0 Å². The predicted octanol–water partition coefficient (Wildman–Crippen LogP) is 4.57. The Morgan fingerprint density at radius 1 is 1.43 bits per heavy atom. The monoisotopic (exact) mass is 320 g/mol.